The van der Waals surface area contributed by atoms with E-state index in [1.807, 2.05) is 6.92 Å². The van der Waals surface area contributed by atoms with E-state index in [9.17, 15) is 8.42 Å². The molecule has 4 nitrogen and oxygen atoms in total. The summed E-state index contributed by atoms with van der Waals surface area (Å²) in [4.78, 5) is 0.0257. The maximum absolute atomic E-state index is 11.1. The van der Waals surface area contributed by atoms with E-state index >= 15 is 0 Å². The van der Waals surface area contributed by atoms with Gasteiger partial charge >= 0.3 is 0 Å². The fourth-order valence-corrected chi connectivity index (χ4v) is 2.62. The maximum Gasteiger partial charge on any atom is 0.261 e. The van der Waals surface area contributed by atoms with Crippen LogP contribution in [0, 0.1) is 0 Å². The highest BCUT2D eigenvalue weighted by Crippen LogP contribution is 2.29. The van der Waals surface area contributed by atoms with E-state index in [-0.39, 0.29) is 11.0 Å². The first-order valence-corrected chi connectivity index (χ1v) is 7.84. The molecule has 7 heteroatoms. The smallest absolute Gasteiger partial charge is 0.261 e. The van der Waals surface area contributed by atoms with Crippen LogP contribution < -0.4 is 4.74 Å². The molecule has 0 saturated heterocycles. The average molecular weight is 344 g/mol. The van der Waals surface area contributed by atoms with E-state index in [2.05, 4.69) is 15.9 Å². The van der Waals surface area contributed by atoms with Crippen LogP contribution in [-0.2, 0) is 13.8 Å². The third-order valence-corrected chi connectivity index (χ3v) is 3.89. The van der Waals surface area contributed by atoms with Gasteiger partial charge in [-0.05, 0) is 41.1 Å². The van der Waals surface area contributed by atoms with Gasteiger partial charge in [0.2, 0.25) is 0 Å². The van der Waals surface area contributed by atoms with Gasteiger partial charge < -0.3 is 9.47 Å². The molecule has 0 aliphatic rings. The summed E-state index contributed by atoms with van der Waals surface area (Å²) in [7, 11) is 3.09. The van der Waals surface area contributed by atoms with Crippen LogP contribution in [0.2, 0.25) is 0 Å². The molecule has 17 heavy (non-hydrogen) atoms. The summed E-state index contributed by atoms with van der Waals surface area (Å²) in [5, 5.41) is 0. The molecule has 0 radical (unpaired) electrons. The van der Waals surface area contributed by atoms with Gasteiger partial charge in [-0.2, -0.15) is 0 Å². The lowest BCUT2D eigenvalue weighted by Crippen LogP contribution is -2.18. The van der Waals surface area contributed by atoms with Gasteiger partial charge in [0.1, 0.15) is 11.9 Å². The molecule has 1 rings (SSSR count). The predicted molar refractivity (Wildman–Crippen MR) is 69.1 cm³/mol. The van der Waals surface area contributed by atoms with Crippen LogP contribution in [0.1, 0.15) is 6.92 Å². The fourth-order valence-electron chi connectivity index (χ4n) is 1.21. The number of ether oxygens (including phenoxy) is 2. The number of halogens is 2. The summed E-state index contributed by atoms with van der Waals surface area (Å²) in [5.74, 6) is 0.540. The predicted octanol–water partition coefficient (Wildman–Crippen LogP) is 2.79. The highest BCUT2D eigenvalue weighted by molar-refractivity contribution is 9.10. The zero-order valence-electron chi connectivity index (χ0n) is 9.31. The summed E-state index contributed by atoms with van der Waals surface area (Å²) in [5.41, 5.74) is 0. The van der Waals surface area contributed by atoms with Gasteiger partial charge in [0.05, 0.1) is 16.0 Å². The summed E-state index contributed by atoms with van der Waals surface area (Å²) < 4.78 is 33.2. The summed E-state index contributed by atoms with van der Waals surface area (Å²) >= 11 is 3.23. The van der Waals surface area contributed by atoms with E-state index in [4.69, 9.17) is 20.2 Å². The average Bonchev–Trinajstić information content (AvgIpc) is 2.20. The lowest BCUT2D eigenvalue weighted by Gasteiger charge is -2.15. The first-order valence-electron chi connectivity index (χ1n) is 4.74. The molecule has 1 atom stereocenters. The zero-order chi connectivity index (χ0) is 13.1. The molecule has 1 aromatic carbocycles. The Hall–Kier alpha value is -0.300. The topological polar surface area (TPSA) is 52.6 Å². The van der Waals surface area contributed by atoms with Crippen LogP contribution in [0.15, 0.2) is 27.6 Å². The fraction of sp³-hybridized carbons (Fsp3) is 0.400. The van der Waals surface area contributed by atoms with Crippen molar-refractivity contribution >= 4 is 35.7 Å². The Balaban J connectivity index is 2.91. The normalized spacial score (nSPS) is 13.4. The molecule has 0 aromatic heterocycles. The molecule has 0 heterocycles. The highest BCUT2D eigenvalue weighted by atomic mass is 79.9. The molecule has 1 aromatic rings. The second kappa shape index (κ2) is 6.04. The molecule has 0 N–H and O–H groups in total. The standard InChI is InChI=1S/C10H12BrClO4S/c1-7(6-15-2)16-10-4-3-8(5-9(10)11)17(12,13)14/h3-5,7H,6H2,1-2H3. The van der Waals surface area contributed by atoms with Crippen molar-refractivity contribution in [3.8, 4) is 5.75 Å². The van der Waals surface area contributed by atoms with Gasteiger partial charge in [-0.25, -0.2) is 8.42 Å². The van der Waals surface area contributed by atoms with Crippen molar-refractivity contribution in [3.63, 3.8) is 0 Å². The summed E-state index contributed by atoms with van der Waals surface area (Å²) in [6.45, 7) is 2.30. The molecule has 0 aliphatic carbocycles. The summed E-state index contributed by atoms with van der Waals surface area (Å²) in [6.07, 6.45) is -0.130. The van der Waals surface area contributed by atoms with E-state index in [0.29, 0.717) is 16.8 Å². The van der Waals surface area contributed by atoms with Crippen LogP contribution >= 0.6 is 26.6 Å². The molecule has 0 amide bonds. The van der Waals surface area contributed by atoms with Crippen molar-refractivity contribution in [3.05, 3.63) is 22.7 Å². The summed E-state index contributed by atoms with van der Waals surface area (Å²) in [6, 6.07) is 4.34. The molecule has 0 fully saturated rings. The van der Waals surface area contributed by atoms with Crippen molar-refractivity contribution < 1.29 is 17.9 Å². The van der Waals surface area contributed by atoms with Crippen LogP contribution in [0.25, 0.3) is 0 Å². The van der Waals surface area contributed by atoms with Gasteiger partial charge in [0.15, 0.2) is 0 Å². The molecular weight excluding hydrogens is 332 g/mol. The van der Waals surface area contributed by atoms with E-state index in [0.717, 1.165) is 0 Å². The van der Waals surface area contributed by atoms with Gasteiger partial charge in [-0.15, -0.1) is 0 Å². The molecule has 96 valence electrons. The molecular formula is C10H12BrClO4S. The monoisotopic (exact) mass is 342 g/mol. The lowest BCUT2D eigenvalue weighted by atomic mass is 10.3. The first kappa shape index (κ1) is 14.8. The van der Waals surface area contributed by atoms with Gasteiger partial charge in [-0.1, -0.05) is 0 Å². The minimum atomic E-state index is -3.72. The Morgan fingerprint density at radius 1 is 1.47 bits per heavy atom. The lowest BCUT2D eigenvalue weighted by molar-refractivity contribution is 0.0915. The van der Waals surface area contributed by atoms with E-state index in [1.165, 1.54) is 12.1 Å². The Bertz CT molecular complexity index is 489. The number of hydrogen-bond acceptors (Lipinski definition) is 4. The van der Waals surface area contributed by atoms with Crippen molar-refractivity contribution in [2.45, 2.75) is 17.9 Å². The Morgan fingerprint density at radius 2 is 2.12 bits per heavy atom. The van der Waals surface area contributed by atoms with Crippen LogP contribution in [-0.4, -0.2) is 28.2 Å². The van der Waals surface area contributed by atoms with Gasteiger partial charge in [0.25, 0.3) is 9.05 Å². The number of methoxy groups -OCH3 is 1. The third-order valence-electron chi connectivity index (χ3n) is 1.91. The van der Waals surface area contributed by atoms with E-state index in [1.54, 1.807) is 13.2 Å². The second-order valence-corrected chi connectivity index (χ2v) is 6.83. The first-order chi connectivity index (χ1) is 7.84. The third kappa shape index (κ3) is 4.46. The second-order valence-electron chi connectivity index (χ2n) is 3.41. The largest absolute Gasteiger partial charge is 0.487 e. The van der Waals surface area contributed by atoms with E-state index < -0.39 is 9.05 Å². The van der Waals surface area contributed by atoms with Crippen molar-refractivity contribution in [1.29, 1.82) is 0 Å². The van der Waals surface area contributed by atoms with Gasteiger partial charge in [0, 0.05) is 17.8 Å². The van der Waals surface area contributed by atoms with Crippen molar-refractivity contribution in [2.75, 3.05) is 13.7 Å². The Morgan fingerprint density at radius 3 is 2.59 bits per heavy atom. The van der Waals surface area contributed by atoms with Crippen LogP contribution in [0.5, 0.6) is 5.75 Å². The molecule has 0 saturated carbocycles. The minimum Gasteiger partial charge on any atom is -0.487 e. The van der Waals surface area contributed by atoms with Crippen molar-refractivity contribution in [1.82, 2.24) is 0 Å². The van der Waals surface area contributed by atoms with Crippen LogP contribution in [0.4, 0.5) is 0 Å². The molecule has 0 spiro atoms. The van der Waals surface area contributed by atoms with Crippen molar-refractivity contribution in [2.24, 2.45) is 0 Å². The Kier molecular flexibility index (Phi) is 5.24. The number of benzene rings is 1. The highest BCUT2D eigenvalue weighted by Gasteiger charge is 2.13. The molecule has 0 bridgehead atoms. The van der Waals surface area contributed by atoms with Crippen LogP contribution in [0.3, 0.4) is 0 Å². The number of hydrogen-bond donors (Lipinski definition) is 0. The molecule has 1 unspecified atom stereocenters. The SMILES string of the molecule is COCC(C)Oc1ccc(S(=O)(=O)Cl)cc1Br. The quantitative estimate of drug-likeness (QED) is 0.772. The minimum absolute atomic E-state index is 0.0257. The van der Waals surface area contributed by atoms with Gasteiger partial charge in [-0.3, -0.25) is 0 Å². The zero-order valence-corrected chi connectivity index (χ0v) is 12.5. The maximum atomic E-state index is 11.1. The number of rotatable bonds is 5. The Labute approximate surface area is 113 Å². The molecule has 0 aliphatic heterocycles.